The number of rotatable bonds is 8. The third-order valence-corrected chi connectivity index (χ3v) is 4.10. The number of nitrogens with zero attached hydrogens (tertiary/aromatic N) is 2. The minimum absolute atomic E-state index is 0.0196. The number of carbonyl (C=O) groups excluding carboxylic acids is 1. The first-order chi connectivity index (χ1) is 10.9. The van der Waals surface area contributed by atoms with Crippen molar-refractivity contribution < 1.29 is 4.79 Å². The fraction of sp³-hybridized carbons (Fsp3) is 0.882. The van der Waals surface area contributed by atoms with Crippen molar-refractivity contribution in [3.8, 4) is 0 Å². The molecule has 6 heteroatoms. The van der Waals surface area contributed by atoms with Gasteiger partial charge in [0, 0.05) is 38.3 Å². The maximum atomic E-state index is 11.8. The van der Waals surface area contributed by atoms with Crippen molar-refractivity contribution in [2.24, 2.45) is 10.9 Å². The maximum Gasteiger partial charge on any atom is 0.239 e. The largest absolute Gasteiger partial charge is 0.355 e. The highest BCUT2D eigenvalue weighted by Gasteiger charge is 2.33. The van der Waals surface area contributed by atoms with E-state index in [-0.39, 0.29) is 18.0 Å². The molecule has 3 N–H and O–H groups in total. The Morgan fingerprint density at radius 3 is 2.39 bits per heavy atom. The second-order valence-electron chi connectivity index (χ2n) is 7.82. The fourth-order valence-corrected chi connectivity index (χ4v) is 2.66. The number of amides is 1. The highest BCUT2D eigenvalue weighted by atomic mass is 16.2. The van der Waals surface area contributed by atoms with Crippen molar-refractivity contribution >= 4 is 11.9 Å². The summed E-state index contributed by atoms with van der Waals surface area (Å²) in [5, 5.41) is 9.32. The van der Waals surface area contributed by atoms with Crippen LogP contribution in [0.2, 0.25) is 0 Å². The van der Waals surface area contributed by atoms with Gasteiger partial charge in [0.1, 0.15) is 0 Å². The van der Waals surface area contributed by atoms with Crippen LogP contribution in [0.15, 0.2) is 4.99 Å². The monoisotopic (exact) mass is 323 g/mol. The fourth-order valence-electron chi connectivity index (χ4n) is 2.66. The summed E-state index contributed by atoms with van der Waals surface area (Å²) in [6.45, 7) is 9.34. The number of hydrogen-bond donors (Lipinski definition) is 3. The molecule has 0 atom stereocenters. The molecule has 0 aliphatic heterocycles. The van der Waals surface area contributed by atoms with Crippen molar-refractivity contribution in [1.29, 1.82) is 0 Å². The van der Waals surface area contributed by atoms with Gasteiger partial charge in [-0.3, -0.25) is 14.7 Å². The van der Waals surface area contributed by atoms with E-state index in [0.29, 0.717) is 5.96 Å². The van der Waals surface area contributed by atoms with Crippen LogP contribution in [0.5, 0.6) is 0 Å². The molecule has 1 amide bonds. The van der Waals surface area contributed by atoms with Gasteiger partial charge in [0.15, 0.2) is 5.96 Å². The Kier molecular flexibility index (Phi) is 6.27. The lowest BCUT2D eigenvalue weighted by atomic mass is 10.1. The van der Waals surface area contributed by atoms with Gasteiger partial charge in [-0.1, -0.05) is 0 Å². The molecule has 0 saturated heterocycles. The Balaban J connectivity index is 1.63. The van der Waals surface area contributed by atoms with Crippen LogP contribution in [-0.2, 0) is 4.79 Å². The van der Waals surface area contributed by atoms with E-state index in [1.807, 2.05) is 20.8 Å². The Morgan fingerprint density at radius 1 is 1.17 bits per heavy atom. The number of guanidine groups is 1. The number of aliphatic imine (C=N–C) groups is 1. The molecule has 0 aromatic heterocycles. The Hall–Kier alpha value is -1.30. The van der Waals surface area contributed by atoms with E-state index in [1.165, 1.54) is 32.2 Å². The van der Waals surface area contributed by atoms with Gasteiger partial charge >= 0.3 is 0 Å². The van der Waals surface area contributed by atoms with E-state index < -0.39 is 0 Å². The average Bonchev–Trinajstić information content (AvgIpc) is 3.33. The maximum absolute atomic E-state index is 11.8. The van der Waals surface area contributed by atoms with Gasteiger partial charge in [-0.15, -0.1) is 0 Å². The zero-order valence-corrected chi connectivity index (χ0v) is 15.1. The molecule has 0 bridgehead atoms. The van der Waals surface area contributed by atoms with E-state index in [4.69, 9.17) is 0 Å². The third-order valence-electron chi connectivity index (χ3n) is 4.10. The van der Waals surface area contributed by atoms with E-state index in [1.54, 1.807) is 7.05 Å². The lowest BCUT2D eigenvalue weighted by Crippen LogP contribution is -2.49. The van der Waals surface area contributed by atoms with Gasteiger partial charge in [0.2, 0.25) is 5.91 Å². The molecular formula is C17H33N5O. The van der Waals surface area contributed by atoms with Gasteiger partial charge in [-0.25, -0.2) is 0 Å². The molecule has 0 radical (unpaired) electrons. The summed E-state index contributed by atoms with van der Waals surface area (Å²) in [7, 11) is 1.74. The predicted octanol–water partition coefficient (Wildman–Crippen LogP) is 0.941. The third kappa shape index (κ3) is 7.68. The molecule has 0 aromatic rings. The molecule has 2 aliphatic carbocycles. The van der Waals surface area contributed by atoms with Gasteiger partial charge in [-0.2, -0.15) is 0 Å². The molecule has 0 unspecified atom stereocenters. The van der Waals surface area contributed by atoms with Crippen LogP contribution in [0, 0.1) is 5.92 Å². The van der Waals surface area contributed by atoms with Crippen LogP contribution in [0.25, 0.3) is 0 Å². The molecule has 0 spiro atoms. The van der Waals surface area contributed by atoms with Gasteiger partial charge < -0.3 is 16.0 Å². The summed E-state index contributed by atoms with van der Waals surface area (Å²) in [6, 6.07) is 0.810. The number of nitrogens with one attached hydrogen (secondary N) is 3. The average molecular weight is 323 g/mol. The molecule has 2 saturated carbocycles. The van der Waals surface area contributed by atoms with E-state index in [0.717, 1.165) is 25.0 Å². The zero-order valence-electron chi connectivity index (χ0n) is 15.1. The van der Waals surface area contributed by atoms with Crippen molar-refractivity contribution in [2.75, 3.05) is 33.2 Å². The summed E-state index contributed by atoms with van der Waals surface area (Å²) in [6.07, 6.45) is 5.52. The SMILES string of the molecule is CN=C(NCCN(CC1CC1)C1CC1)NCC(=O)NC(C)(C)C. The van der Waals surface area contributed by atoms with E-state index >= 15 is 0 Å². The Labute approximate surface area is 140 Å². The van der Waals surface area contributed by atoms with Crippen LogP contribution in [0.3, 0.4) is 0 Å². The smallest absolute Gasteiger partial charge is 0.239 e. The van der Waals surface area contributed by atoms with Gasteiger partial charge in [-0.05, 0) is 52.4 Å². The van der Waals surface area contributed by atoms with Crippen molar-refractivity contribution in [3.05, 3.63) is 0 Å². The molecular weight excluding hydrogens is 290 g/mol. The predicted molar refractivity (Wildman–Crippen MR) is 94.6 cm³/mol. The minimum Gasteiger partial charge on any atom is -0.355 e. The first-order valence-electron chi connectivity index (χ1n) is 8.87. The molecule has 2 rings (SSSR count). The molecule has 23 heavy (non-hydrogen) atoms. The molecule has 0 aromatic carbocycles. The molecule has 2 aliphatic rings. The summed E-state index contributed by atoms with van der Waals surface area (Å²) < 4.78 is 0. The van der Waals surface area contributed by atoms with E-state index in [9.17, 15) is 4.79 Å². The van der Waals surface area contributed by atoms with Gasteiger partial charge in [0.05, 0.1) is 6.54 Å². The molecule has 132 valence electrons. The highest BCUT2D eigenvalue weighted by Crippen LogP contribution is 2.34. The molecule has 6 nitrogen and oxygen atoms in total. The quantitative estimate of drug-likeness (QED) is 0.459. The number of carbonyl (C=O) groups is 1. The van der Waals surface area contributed by atoms with Crippen molar-refractivity contribution in [1.82, 2.24) is 20.9 Å². The van der Waals surface area contributed by atoms with Crippen LogP contribution in [-0.4, -0.2) is 61.6 Å². The minimum atomic E-state index is -0.205. The first-order valence-corrected chi connectivity index (χ1v) is 8.87. The Morgan fingerprint density at radius 2 is 1.87 bits per heavy atom. The topological polar surface area (TPSA) is 68.8 Å². The first kappa shape index (κ1) is 18.0. The second kappa shape index (κ2) is 7.99. The van der Waals surface area contributed by atoms with Crippen LogP contribution < -0.4 is 16.0 Å². The van der Waals surface area contributed by atoms with Crippen LogP contribution >= 0.6 is 0 Å². The normalized spacial score (nSPS) is 18.9. The van der Waals surface area contributed by atoms with Crippen LogP contribution in [0.4, 0.5) is 0 Å². The summed E-state index contributed by atoms with van der Waals surface area (Å²) in [5.41, 5.74) is -0.205. The molecule has 0 heterocycles. The summed E-state index contributed by atoms with van der Waals surface area (Å²) in [5.74, 6) is 1.61. The van der Waals surface area contributed by atoms with E-state index in [2.05, 4.69) is 25.8 Å². The zero-order chi connectivity index (χ0) is 16.9. The summed E-state index contributed by atoms with van der Waals surface area (Å²) >= 11 is 0. The number of hydrogen-bond acceptors (Lipinski definition) is 3. The lowest BCUT2D eigenvalue weighted by molar-refractivity contribution is -0.121. The lowest BCUT2D eigenvalue weighted by Gasteiger charge is -2.23. The standard InChI is InChI=1S/C17H33N5O/c1-17(2,3)21-15(23)11-20-16(18-4)19-9-10-22(14-7-8-14)12-13-5-6-13/h13-14H,5-12H2,1-4H3,(H,21,23)(H2,18,19,20). The summed E-state index contributed by atoms with van der Waals surface area (Å²) in [4.78, 5) is 18.6. The second-order valence-corrected chi connectivity index (χ2v) is 7.82. The molecule has 2 fully saturated rings. The van der Waals surface area contributed by atoms with Crippen LogP contribution in [0.1, 0.15) is 46.5 Å². The van der Waals surface area contributed by atoms with Crippen molar-refractivity contribution in [2.45, 2.75) is 58.0 Å². The van der Waals surface area contributed by atoms with Gasteiger partial charge in [0.25, 0.3) is 0 Å². The van der Waals surface area contributed by atoms with Crippen molar-refractivity contribution in [3.63, 3.8) is 0 Å². The highest BCUT2D eigenvalue weighted by molar-refractivity contribution is 5.86. The Bertz CT molecular complexity index is 421.